The van der Waals surface area contributed by atoms with E-state index in [1.807, 2.05) is 29.2 Å². The van der Waals surface area contributed by atoms with Crippen molar-refractivity contribution in [3.8, 4) is 0 Å². The molecule has 0 radical (unpaired) electrons. The van der Waals surface area contributed by atoms with Gasteiger partial charge in [-0.2, -0.15) is 0 Å². The van der Waals surface area contributed by atoms with Crippen molar-refractivity contribution in [1.29, 1.82) is 0 Å². The normalized spacial score (nSPS) is 13.0. The van der Waals surface area contributed by atoms with Crippen LogP contribution in [0.1, 0.15) is 24.7 Å². The lowest BCUT2D eigenvalue weighted by atomic mass is 10.2. The zero-order chi connectivity index (χ0) is 16.2. The van der Waals surface area contributed by atoms with Crippen LogP contribution in [-0.4, -0.2) is 29.8 Å². The topological polar surface area (TPSA) is 53.8 Å². The SMILES string of the molecule is CC(=O)N(CCC(=O)N1CCc2ccccc21)Cc1ccco1. The second kappa shape index (κ2) is 6.69. The molecule has 0 fully saturated rings. The van der Waals surface area contributed by atoms with Gasteiger partial charge in [0.2, 0.25) is 11.8 Å². The molecule has 0 saturated heterocycles. The maximum atomic E-state index is 12.5. The number of rotatable bonds is 5. The van der Waals surface area contributed by atoms with Gasteiger partial charge >= 0.3 is 0 Å². The summed E-state index contributed by atoms with van der Waals surface area (Å²) < 4.78 is 5.28. The Kier molecular flexibility index (Phi) is 4.46. The van der Waals surface area contributed by atoms with Gasteiger partial charge in [0.15, 0.2) is 0 Å². The first-order chi connectivity index (χ1) is 11.1. The van der Waals surface area contributed by atoms with E-state index in [1.54, 1.807) is 17.2 Å². The highest BCUT2D eigenvalue weighted by molar-refractivity contribution is 5.95. The number of hydrogen-bond donors (Lipinski definition) is 0. The molecule has 0 aliphatic carbocycles. The molecule has 1 aliphatic heterocycles. The summed E-state index contributed by atoms with van der Waals surface area (Å²) in [6.45, 7) is 3.02. The summed E-state index contributed by atoms with van der Waals surface area (Å²) in [6, 6.07) is 11.6. The van der Waals surface area contributed by atoms with Gasteiger partial charge in [-0.25, -0.2) is 0 Å². The Balaban J connectivity index is 1.60. The fraction of sp³-hybridized carbons (Fsp3) is 0.333. The number of anilines is 1. The molecule has 5 heteroatoms. The molecule has 1 aliphatic rings. The maximum absolute atomic E-state index is 12.5. The highest BCUT2D eigenvalue weighted by Crippen LogP contribution is 2.27. The van der Waals surface area contributed by atoms with Crippen molar-refractivity contribution in [2.75, 3.05) is 18.0 Å². The van der Waals surface area contributed by atoms with E-state index in [1.165, 1.54) is 12.5 Å². The number of carbonyl (C=O) groups is 2. The van der Waals surface area contributed by atoms with E-state index in [9.17, 15) is 9.59 Å². The first kappa shape index (κ1) is 15.3. The molecule has 0 saturated carbocycles. The van der Waals surface area contributed by atoms with Crippen molar-refractivity contribution in [1.82, 2.24) is 4.90 Å². The fourth-order valence-corrected chi connectivity index (χ4v) is 2.90. The van der Waals surface area contributed by atoms with Gasteiger partial charge < -0.3 is 14.2 Å². The Morgan fingerprint density at radius 3 is 2.78 bits per heavy atom. The lowest BCUT2D eigenvalue weighted by Crippen LogP contribution is -2.35. The van der Waals surface area contributed by atoms with Gasteiger partial charge in [-0.3, -0.25) is 9.59 Å². The van der Waals surface area contributed by atoms with E-state index < -0.39 is 0 Å². The highest BCUT2D eigenvalue weighted by Gasteiger charge is 2.24. The molecule has 2 aromatic rings. The van der Waals surface area contributed by atoms with Crippen LogP contribution >= 0.6 is 0 Å². The molecular formula is C18H20N2O3. The van der Waals surface area contributed by atoms with Crippen LogP contribution in [0.2, 0.25) is 0 Å². The number of para-hydroxylation sites is 1. The largest absolute Gasteiger partial charge is 0.467 e. The van der Waals surface area contributed by atoms with E-state index in [-0.39, 0.29) is 11.8 Å². The Morgan fingerprint density at radius 2 is 2.04 bits per heavy atom. The predicted octanol–water partition coefficient (Wildman–Crippen LogP) is 2.61. The Hall–Kier alpha value is -2.56. The molecule has 120 valence electrons. The van der Waals surface area contributed by atoms with Gasteiger partial charge in [0.1, 0.15) is 5.76 Å². The van der Waals surface area contributed by atoms with E-state index in [4.69, 9.17) is 4.42 Å². The third kappa shape index (κ3) is 3.44. The minimum absolute atomic E-state index is 0.0562. The molecule has 3 rings (SSSR count). The van der Waals surface area contributed by atoms with E-state index in [0.717, 1.165) is 24.4 Å². The number of benzene rings is 1. The molecule has 0 N–H and O–H groups in total. The lowest BCUT2D eigenvalue weighted by Gasteiger charge is -2.22. The van der Waals surface area contributed by atoms with Crippen LogP contribution in [0.15, 0.2) is 47.1 Å². The Bertz CT molecular complexity index is 694. The summed E-state index contributed by atoms with van der Waals surface area (Å²) in [4.78, 5) is 27.7. The molecule has 0 unspecified atom stereocenters. The third-order valence-electron chi connectivity index (χ3n) is 4.16. The minimum atomic E-state index is -0.0592. The zero-order valence-electron chi connectivity index (χ0n) is 13.2. The van der Waals surface area contributed by atoms with Crippen LogP contribution in [0.5, 0.6) is 0 Å². The molecule has 5 nitrogen and oxygen atoms in total. The summed E-state index contributed by atoms with van der Waals surface area (Å²) in [5, 5.41) is 0. The van der Waals surface area contributed by atoms with E-state index >= 15 is 0 Å². The van der Waals surface area contributed by atoms with Gasteiger partial charge in [-0.1, -0.05) is 18.2 Å². The van der Waals surface area contributed by atoms with Gasteiger partial charge in [0.25, 0.3) is 0 Å². The molecule has 1 aromatic carbocycles. The van der Waals surface area contributed by atoms with Crippen LogP contribution in [0.3, 0.4) is 0 Å². The fourth-order valence-electron chi connectivity index (χ4n) is 2.90. The summed E-state index contributed by atoms with van der Waals surface area (Å²) in [6.07, 6.45) is 2.79. The number of amides is 2. The van der Waals surface area contributed by atoms with E-state index in [0.29, 0.717) is 19.5 Å². The summed E-state index contributed by atoms with van der Waals surface area (Å²) in [7, 11) is 0. The van der Waals surface area contributed by atoms with Crippen LogP contribution in [-0.2, 0) is 22.6 Å². The summed E-state index contributed by atoms with van der Waals surface area (Å²) >= 11 is 0. The molecule has 1 aromatic heterocycles. The number of furan rings is 1. The number of carbonyl (C=O) groups excluding carboxylic acids is 2. The quantitative estimate of drug-likeness (QED) is 0.853. The van der Waals surface area contributed by atoms with Gasteiger partial charge in [0, 0.05) is 32.1 Å². The number of nitrogens with zero attached hydrogens (tertiary/aromatic N) is 2. The third-order valence-corrected chi connectivity index (χ3v) is 4.16. The summed E-state index contributed by atoms with van der Waals surface area (Å²) in [5.74, 6) is 0.718. The van der Waals surface area contributed by atoms with Gasteiger partial charge in [-0.15, -0.1) is 0 Å². The maximum Gasteiger partial charge on any atom is 0.228 e. The van der Waals surface area contributed by atoms with Gasteiger partial charge in [0.05, 0.1) is 12.8 Å². The van der Waals surface area contributed by atoms with Crippen LogP contribution in [0, 0.1) is 0 Å². The molecule has 23 heavy (non-hydrogen) atoms. The lowest BCUT2D eigenvalue weighted by molar-refractivity contribution is -0.130. The summed E-state index contributed by atoms with van der Waals surface area (Å²) in [5.41, 5.74) is 2.21. The Labute approximate surface area is 135 Å². The molecule has 0 bridgehead atoms. The number of hydrogen-bond acceptors (Lipinski definition) is 3. The Morgan fingerprint density at radius 1 is 1.22 bits per heavy atom. The molecule has 0 atom stereocenters. The zero-order valence-corrected chi connectivity index (χ0v) is 13.2. The second-order valence-electron chi connectivity index (χ2n) is 5.69. The first-order valence-corrected chi connectivity index (χ1v) is 7.81. The average Bonchev–Trinajstić information content (AvgIpc) is 3.20. The van der Waals surface area contributed by atoms with E-state index in [2.05, 4.69) is 6.07 Å². The van der Waals surface area contributed by atoms with Crippen molar-refractivity contribution >= 4 is 17.5 Å². The predicted molar refractivity (Wildman–Crippen MR) is 86.9 cm³/mol. The van der Waals surface area contributed by atoms with Crippen molar-refractivity contribution in [2.45, 2.75) is 26.3 Å². The average molecular weight is 312 g/mol. The van der Waals surface area contributed by atoms with Crippen molar-refractivity contribution in [3.63, 3.8) is 0 Å². The molecular weight excluding hydrogens is 292 g/mol. The van der Waals surface area contributed by atoms with Gasteiger partial charge in [-0.05, 0) is 30.2 Å². The monoisotopic (exact) mass is 312 g/mol. The van der Waals surface area contributed by atoms with Crippen molar-refractivity contribution < 1.29 is 14.0 Å². The highest BCUT2D eigenvalue weighted by atomic mass is 16.3. The minimum Gasteiger partial charge on any atom is -0.467 e. The molecule has 0 spiro atoms. The van der Waals surface area contributed by atoms with Crippen LogP contribution < -0.4 is 4.90 Å². The molecule has 2 heterocycles. The standard InChI is InChI=1S/C18H20N2O3/c1-14(21)19(13-16-6-4-12-23-16)10-9-18(22)20-11-8-15-5-2-3-7-17(15)20/h2-7,12H,8-11,13H2,1H3. The van der Waals surface area contributed by atoms with Crippen molar-refractivity contribution in [2.24, 2.45) is 0 Å². The number of fused-ring (bicyclic) bond motifs is 1. The molecule has 2 amide bonds. The van der Waals surface area contributed by atoms with Crippen LogP contribution in [0.25, 0.3) is 0 Å². The van der Waals surface area contributed by atoms with Crippen LogP contribution in [0.4, 0.5) is 5.69 Å². The smallest absolute Gasteiger partial charge is 0.228 e. The second-order valence-corrected chi connectivity index (χ2v) is 5.69. The van der Waals surface area contributed by atoms with Crippen molar-refractivity contribution in [3.05, 3.63) is 54.0 Å². The first-order valence-electron chi connectivity index (χ1n) is 7.81.